The molecular weight excluding hydrogens is 500 g/mol. The zero-order chi connectivity index (χ0) is 30.8. The van der Waals surface area contributed by atoms with Gasteiger partial charge < -0.3 is 23.1 Å². The van der Waals surface area contributed by atoms with Crippen LogP contribution in [-0.2, 0) is 9.53 Å². The van der Waals surface area contributed by atoms with E-state index < -0.39 is 0 Å². The van der Waals surface area contributed by atoms with Crippen molar-refractivity contribution in [2.24, 2.45) is 0 Å². The summed E-state index contributed by atoms with van der Waals surface area (Å²) in [5, 5.41) is 0. The molecule has 0 bridgehead atoms. The van der Waals surface area contributed by atoms with Crippen LogP contribution in [0.25, 0.3) is 0 Å². The summed E-state index contributed by atoms with van der Waals surface area (Å²) in [4.78, 5) is 18.8. The van der Waals surface area contributed by atoms with Gasteiger partial charge in [-0.1, -0.05) is 19.4 Å². The molecule has 0 radical (unpaired) electrons. The predicted molar refractivity (Wildman–Crippen MR) is 173 cm³/mol. The Kier molecular flexibility index (Phi) is 19.5. The first-order valence-electron chi connectivity index (χ1n) is 15.8. The number of rotatable bonds is 25. The predicted octanol–water partition coefficient (Wildman–Crippen LogP) is 3.10. The summed E-state index contributed by atoms with van der Waals surface area (Å²) in [6, 6.07) is 0. The van der Waals surface area contributed by atoms with Gasteiger partial charge in [0.25, 0.3) is 0 Å². The molecule has 0 fully saturated rings. The quantitative estimate of drug-likeness (QED) is 0.0729. The Morgan fingerprint density at radius 3 is 1.35 bits per heavy atom. The fraction of sp³-hybridized carbons (Fsp3) is 0.906. The molecule has 0 spiro atoms. The smallest absolute Gasteiger partial charge is 0.333 e. The normalized spacial score (nSPS) is 13.1. The molecule has 0 aromatic heterocycles. The molecule has 0 aliphatic heterocycles. The van der Waals surface area contributed by atoms with Crippen LogP contribution >= 0.6 is 0 Å². The van der Waals surface area contributed by atoms with E-state index in [0.29, 0.717) is 12.2 Å². The van der Waals surface area contributed by atoms with E-state index in [1.165, 1.54) is 71.2 Å². The van der Waals surface area contributed by atoms with Crippen molar-refractivity contribution in [1.82, 2.24) is 14.7 Å². The van der Waals surface area contributed by atoms with Gasteiger partial charge in [0.15, 0.2) is 0 Å². The molecule has 8 nitrogen and oxygen atoms in total. The third-order valence-electron chi connectivity index (χ3n) is 8.25. The maximum atomic E-state index is 11.6. The Balaban J connectivity index is 3.94. The average molecular weight is 572 g/mol. The lowest BCUT2D eigenvalue weighted by Gasteiger charge is -2.34. The molecular formula is C32H71N6O2+3. The number of carbonyl (C=O) groups excluding carboxylic acids is 1. The van der Waals surface area contributed by atoms with Crippen molar-refractivity contribution in [3.05, 3.63) is 12.2 Å². The molecule has 0 unspecified atom stereocenters. The van der Waals surface area contributed by atoms with E-state index in [4.69, 9.17) is 4.74 Å². The number of quaternary nitrogens is 3. The van der Waals surface area contributed by atoms with Crippen molar-refractivity contribution in [3.63, 3.8) is 0 Å². The maximum absolute atomic E-state index is 11.6. The summed E-state index contributed by atoms with van der Waals surface area (Å²) < 4.78 is 8.35. The van der Waals surface area contributed by atoms with E-state index in [-0.39, 0.29) is 5.97 Å². The number of hydrogen-bond donors (Lipinski definition) is 0. The Morgan fingerprint density at radius 2 is 0.950 bits per heavy atom. The fourth-order valence-corrected chi connectivity index (χ4v) is 4.55. The van der Waals surface area contributed by atoms with Gasteiger partial charge in [0.05, 0.1) is 75.0 Å². The molecule has 0 aliphatic carbocycles. The molecule has 0 saturated carbocycles. The van der Waals surface area contributed by atoms with Crippen molar-refractivity contribution < 1.29 is 23.0 Å². The van der Waals surface area contributed by atoms with Crippen molar-refractivity contribution in [2.75, 3.05) is 149 Å². The van der Waals surface area contributed by atoms with Gasteiger partial charge in [-0.25, -0.2) is 4.79 Å². The number of carbonyl (C=O) groups is 1. The first kappa shape index (κ1) is 39.0. The van der Waals surface area contributed by atoms with Crippen LogP contribution in [0.1, 0.15) is 45.4 Å². The van der Waals surface area contributed by atoms with Crippen LogP contribution in [0.5, 0.6) is 0 Å². The second-order valence-corrected chi connectivity index (χ2v) is 14.6. The largest absolute Gasteiger partial charge is 0.456 e. The number of esters is 1. The van der Waals surface area contributed by atoms with Crippen LogP contribution in [0.2, 0.25) is 0 Å². The number of likely N-dealkylation sites (N-methyl/N-ethyl adjacent to an activating group) is 6. The van der Waals surface area contributed by atoms with Gasteiger partial charge in [-0.2, -0.15) is 0 Å². The minimum absolute atomic E-state index is 0.290. The summed E-state index contributed by atoms with van der Waals surface area (Å²) >= 11 is 0. The highest BCUT2D eigenvalue weighted by Crippen LogP contribution is 2.11. The lowest BCUT2D eigenvalue weighted by Crippen LogP contribution is -2.49. The molecule has 0 aromatic rings. The molecule has 0 rings (SSSR count). The van der Waals surface area contributed by atoms with Crippen LogP contribution in [0.15, 0.2) is 12.2 Å². The van der Waals surface area contributed by atoms with Gasteiger partial charge in [0, 0.05) is 38.3 Å². The monoisotopic (exact) mass is 572 g/mol. The number of nitrogens with zero attached hydrogens (tertiary/aromatic N) is 6. The second-order valence-electron chi connectivity index (χ2n) is 14.6. The van der Waals surface area contributed by atoms with E-state index in [1.807, 2.05) is 0 Å². The van der Waals surface area contributed by atoms with Gasteiger partial charge in [-0.3, -0.25) is 9.80 Å². The van der Waals surface area contributed by atoms with Crippen molar-refractivity contribution >= 4 is 5.97 Å². The van der Waals surface area contributed by atoms with E-state index in [0.717, 1.165) is 52.7 Å². The lowest BCUT2D eigenvalue weighted by atomic mass is 10.1. The molecule has 0 heterocycles. The molecule has 0 atom stereocenters. The third-order valence-corrected chi connectivity index (χ3v) is 8.25. The highest BCUT2D eigenvalue weighted by atomic mass is 16.5. The van der Waals surface area contributed by atoms with E-state index in [1.54, 1.807) is 6.92 Å². The zero-order valence-electron chi connectivity index (χ0n) is 28.9. The minimum Gasteiger partial charge on any atom is -0.456 e. The second kappa shape index (κ2) is 20.0. The first-order valence-corrected chi connectivity index (χ1v) is 15.8. The van der Waals surface area contributed by atoms with Gasteiger partial charge in [0.2, 0.25) is 0 Å². The van der Waals surface area contributed by atoms with Crippen molar-refractivity contribution in [3.8, 4) is 0 Å². The molecule has 0 aliphatic rings. The number of ether oxygens (including phenoxy) is 1. The number of hydrogen-bond acceptors (Lipinski definition) is 5. The van der Waals surface area contributed by atoms with Crippen LogP contribution < -0.4 is 0 Å². The highest BCUT2D eigenvalue weighted by molar-refractivity contribution is 5.86. The Morgan fingerprint density at radius 1 is 0.575 bits per heavy atom. The summed E-state index contributed by atoms with van der Waals surface area (Å²) in [6.45, 7) is 18.2. The SMILES string of the molecule is C=C(C)C(=O)OCC[N+](C)(C)CCN(C)CC[N+](C)(C)CCCCCCCC[N+](C)(C)CCN(C)CCN(C)C. The third kappa shape index (κ3) is 22.6. The standard InChI is InChI=1S/C32H71N6O2/c1-31(2)32(39)40-30-29-38(11,12)28-23-35(6)22-27-37(9,10)25-18-16-14-13-15-17-24-36(7,8)26-21-34(5)20-19-33(3)4/h1,13-30H2,2-12H3/q+3. The molecule has 0 aromatic carbocycles. The molecule has 238 valence electrons. The van der Waals surface area contributed by atoms with E-state index in [9.17, 15) is 4.79 Å². The Labute approximate surface area is 250 Å². The topological polar surface area (TPSA) is 36.0 Å². The molecule has 40 heavy (non-hydrogen) atoms. The summed E-state index contributed by atoms with van der Waals surface area (Å²) in [7, 11) is 22.7. The maximum Gasteiger partial charge on any atom is 0.333 e. The summed E-state index contributed by atoms with van der Waals surface area (Å²) in [5.74, 6) is -0.290. The Hall–Kier alpha value is -1.03. The van der Waals surface area contributed by atoms with Gasteiger partial charge in [-0.15, -0.1) is 0 Å². The Bertz CT molecular complexity index is 693. The van der Waals surface area contributed by atoms with Crippen molar-refractivity contribution in [1.29, 1.82) is 0 Å². The minimum atomic E-state index is -0.290. The average Bonchev–Trinajstić information content (AvgIpc) is 2.85. The molecule has 0 N–H and O–H groups in total. The van der Waals surface area contributed by atoms with Crippen LogP contribution in [0, 0.1) is 0 Å². The molecule has 0 saturated heterocycles. The lowest BCUT2D eigenvalue weighted by molar-refractivity contribution is -0.892. The van der Waals surface area contributed by atoms with Crippen molar-refractivity contribution in [2.45, 2.75) is 45.4 Å². The van der Waals surface area contributed by atoms with Crippen LogP contribution in [0.4, 0.5) is 0 Å². The zero-order valence-corrected chi connectivity index (χ0v) is 28.9. The fourth-order valence-electron chi connectivity index (χ4n) is 4.55. The summed E-state index contributed by atoms with van der Waals surface area (Å²) in [6.07, 6.45) is 8.14. The summed E-state index contributed by atoms with van der Waals surface area (Å²) in [5.41, 5.74) is 0.464. The van der Waals surface area contributed by atoms with E-state index >= 15 is 0 Å². The first-order chi connectivity index (χ1) is 18.4. The van der Waals surface area contributed by atoms with Gasteiger partial charge >= 0.3 is 5.97 Å². The van der Waals surface area contributed by atoms with E-state index in [2.05, 4.69) is 91.8 Å². The van der Waals surface area contributed by atoms with Gasteiger partial charge in [0.1, 0.15) is 13.2 Å². The van der Waals surface area contributed by atoms with Gasteiger partial charge in [-0.05, 0) is 60.8 Å². The number of unbranched alkanes of at least 4 members (excludes halogenated alkanes) is 5. The van der Waals surface area contributed by atoms with Crippen LogP contribution in [0.3, 0.4) is 0 Å². The molecule has 8 heteroatoms. The highest BCUT2D eigenvalue weighted by Gasteiger charge is 2.20. The van der Waals surface area contributed by atoms with Crippen LogP contribution in [-0.4, -0.2) is 183 Å². The molecule has 0 amide bonds.